The minimum absolute atomic E-state index is 0.0244. The van der Waals surface area contributed by atoms with Crippen LogP contribution in [0.3, 0.4) is 0 Å². The molecule has 1 aliphatic heterocycles. The molecule has 0 saturated carbocycles. The van der Waals surface area contributed by atoms with Crippen LogP contribution in [0.2, 0.25) is 0 Å². The number of hydrogen-bond donors (Lipinski definition) is 3. The molecule has 2 amide bonds. The molecule has 4 rings (SSSR count). The minimum Gasteiger partial charge on any atom is -0.447 e. The maximum atomic E-state index is 12.2. The number of aryl methyl sites for hydroxylation is 1. The number of rotatable bonds is 5. The molecule has 1 atom stereocenters. The van der Waals surface area contributed by atoms with Gasteiger partial charge in [-0.05, 0) is 19.1 Å². The van der Waals surface area contributed by atoms with Gasteiger partial charge in [0.05, 0.1) is 23.6 Å². The van der Waals surface area contributed by atoms with Crippen molar-refractivity contribution in [3.05, 3.63) is 60.0 Å². The van der Waals surface area contributed by atoms with Crippen LogP contribution in [0.4, 0.5) is 4.79 Å². The lowest BCUT2D eigenvalue weighted by Gasteiger charge is -2.07. The van der Waals surface area contributed by atoms with Crippen molar-refractivity contribution in [2.75, 3.05) is 6.61 Å². The van der Waals surface area contributed by atoms with E-state index in [9.17, 15) is 9.59 Å². The molecule has 3 aromatic rings. The highest BCUT2D eigenvalue weighted by molar-refractivity contribution is 5.87. The van der Waals surface area contributed by atoms with E-state index in [1.807, 2.05) is 49.4 Å². The number of amides is 2. The lowest BCUT2D eigenvalue weighted by atomic mass is 10.1. The first-order valence-corrected chi connectivity index (χ1v) is 8.88. The topological polar surface area (TPSA) is 109 Å². The second kappa shape index (κ2) is 7.51. The second-order valence-corrected chi connectivity index (χ2v) is 6.50. The molecule has 1 aliphatic rings. The number of alkyl carbamates (subject to hydrolysis) is 1. The Kier molecular flexibility index (Phi) is 4.76. The molecule has 142 valence electrons. The molecular weight excluding hydrogens is 358 g/mol. The Bertz CT molecular complexity index is 998. The monoisotopic (exact) mass is 377 g/mol. The molecule has 0 radical (unpaired) electrons. The number of aromatic nitrogens is 3. The van der Waals surface area contributed by atoms with Gasteiger partial charge in [0, 0.05) is 11.8 Å². The lowest BCUT2D eigenvalue weighted by molar-refractivity contribution is -0.123. The summed E-state index contributed by atoms with van der Waals surface area (Å²) in [5, 5.41) is 5.22. The van der Waals surface area contributed by atoms with Gasteiger partial charge >= 0.3 is 6.09 Å². The third kappa shape index (κ3) is 3.71. The fourth-order valence-electron chi connectivity index (χ4n) is 2.94. The molecule has 8 nitrogen and oxygen atoms in total. The summed E-state index contributed by atoms with van der Waals surface area (Å²) in [4.78, 5) is 35.6. The van der Waals surface area contributed by atoms with E-state index >= 15 is 0 Å². The molecule has 0 aliphatic carbocycles. The molecule has 1 saturated heterocycles. The van der Waals surface area contributed by atoms with Gasteiger partial charge in [-0.1, -0.05) is 35.9 Å². The zero-order valence-electron chi connectivity index (χ0n) is 15.2. The van der Waals surface area contributed by atoms with Crippen molar-refractivity contribution in [1.82, 2.24) is 25.6 Å². The van der Waals surface area contributed by atoms with Crippen molar-refractivity contribution in [2.24, 2.45) is 0 Å². The van der Waals surface area contributed by atoms with Crippen LogP contribution in [0.5, 0.6) is 0 Å². The van der Waals surface area contributed by atoms with E-state index in [4.69, 9.17) is 4.74 Å². The van der Waals surface area contributed by atoms with E-state index in [1.54, 1.807) is 6.20 Å². The summed E-state index contributed by atoms with van der Waals surface area (Å²) < 4.78 is 4.74. The second-order valence-electron chi connectivity index (χ2n) is 6.50. The van der Waals surface area contributed by atoms with Crippen LogP contribution >= 0.6 is 0 Å². The number of benzene rings is 1. The fraction of sp³-hybridized carbons (Fsp3) is 0.200. The van der Waals surface area contributed by atoms with Gasteiger partial charge in [0.25, 0.3) is 0 Å². The van der Waals surface area contributed by atoms with Gasteiger partial charge in [-0.15, -0.1) is 0 Å². The number of nitrogens with zero attached hydrogens (tertiary/aromatic N) is 2. The van der Waals surface area contributed by atoms with E-state index in [-0.39, 0.29) is 19.1 Å². The van der Waals surface area contributed by atoms with Gasteiger partial charge < -0.3 is 20.4 Å². The van der Waals surface area contributed by atoms with Crippen LogP contribution in [-0.4, -0.2) is 39.6 Å². The number of imidazole rings is 1. The zero-order chi connectivity index (χ0) is 19.5. The Labute approximate surface area is 161 Å². The Hall–Kier alpha value is -3.68. The Morgan fingerprint density at radius 3 is 2.75 bits per heavy atom. The predicted molar refractivity (Wildman–Crippen MR) is 102 cm³/mol. The van der Waals surface area contributed by atoms with Gasteiger partial charge in [0.15, 0.2) is 0 Å². The van der Waals surface area contributed by atoms with Crippen LogP contribution < -0.4 is 10.6 Å². The standard InChI is InChI=1S/C20H19N5O3/c1-12-5-7-13(8-6-12)17-18(14-4-2-3-9-21-14)25-16(24-17)10-22-19(26)15-11-28-20(27)23-15/h2-9,15H,10-11H2,1H3,(H,22,26)(H,23,27)(H,24,25). The number of aromatic amines is 1. The summed E-state index contributed by atoms with van der Waals surface area (Å²) in [7, 11) is 0. The maximum absolute atomic E-state index is 12.2. The van der Waals surface area contributed by atoms with E-state index < -0.39 is 12.1 Å². The van der Waals surface area contributed by atoms with Crippen molar-refractivity contribution in [2.45, 2.75) is 19.5 Å². The molecular formula is C20H19N5O3. The Morgan fingerprint density at radius 2 is 2.07 bits per heavy atom. The first kappa shape index (κ1) is 17.7. The Balaban J connectivity index is 1.59. The van der Waals surface area contributed by atoms with Crippen molar-refractivity contribution in [1.29, 1.82) is 0 Å². The quantitative estimate of drug-likeness (QED) is 0.631. The molecule has 0 bridgehead atoms. The van der Waals surface area contributed by atoms with E-state index in [0.717, 1.165) is 28.2 Å². The molecule has 3 N–H and O–H groups in total. The Morgan fingerprint density at radius 1 is 1.25 bits per heavy atom. The van der Waals surface area contributed by atoms with Gasteiger partial charge in [0.1, 0.15) is 18.5 Å². The number of hydrogen-bond acceptors (Lipinski definition) is 5. The number of carbonyl (C=O) groups is 2. The van der Waals surface area contributed by atoms with Crippen LogP contribution in [0.15, 0.2) is 48.7 Å². The normalized spacial score (nSPS) is 15.8. The number of cyclic esters (lactones) is 1. The average Bonchev–Trinajstić information content (AvgIpc) is 3.34. The molecule has 1 unspecified atom stereocenters. The molecule has 0 spiro atoms. The largest absolute Gasteiger partial charge is 0.447 e. The van der Waals surface area contributed by atoms with Gasteiger partial charge in [-0.3, -0.25) is 9.78 Å². The van der Waals surface area contributed by atoms with Gasteiger partial charge in [0.2, 0.25) is 5.91 Å². The zero-order valence-corrected chi connectivity index (χ0v) is 15.2. The number of pyridine rings is 1. The van der Waals surface area contributed by atoms with E-state index in [0.29, 0.717) is 5.82 Å². The molecule has 8 heteroatoms. The molecule has 28 heavy (non-hydrogen) atoms. The van der Waals surface area contributed by atoms with Crippen molar-refractivity contribution < 1.29 is 14.3 Å². The van der Waals surface area contributed by atoms with Gasteiger partial charge in [-0.25, -0.2) is 9.78 Å². The SMILES string of the molecule is Cc1ccc(-c2nc(CNC(=O)C3COC(=O)N3)[nH]c2-c2ccccn2)cc1. The smallest absolute Gasteiger partial charge is 0.407 e. The molecule has 2 aromatic heterocycles. The molecule has 1 aromatic carbocycles. The van der Waals surface area contributed by atoms with Crippen molar-refractivity contribution in [3.8, 4) is 22.6 Å². The highest BCUT2D eigenvalue weighted by Crippen LogP contribution is 2.29. The van der Waals surface area contributed by atoms with Crippen LogP contribution in [0.1, 0.15) is 11.4 Å². The first-order chi connectivity index (χ1) is 13.6. The average molecular weight is 377 g/mol. The third-order valence-electron chi connectivity index (χ3n) is 4.42. The molecule has 1 fully saturated rings. The summed E-state index contributed by atoms with van der Waals surface area (Å²) in [6.07, 6.45) is 1.14. The molecule has 3 heterocycles. The highest BCUT2D eigenvalue weighted by Gasteiger charge is 2.28. The summed E-state index contributed by atoms with van der Waals surface area (Å²) in [5.74, 6) is 0.272. The first-order valence-electron chi connectivity index (χ1n) is 8.88. The number of carbonyl (C=O) groups excluding carboxylic acids is 2. The minimum atomic E-state index is -0.686. The lowest BCUT2D eigenvalue weighted by Crippen LogP contribution is -2.42. The fourth-order valence-corrected chi connectivity index (χ4v) is 2.94. The number of ether oxygens (including phenoxy) is 1. The van der Waals surface area contributed by atoms with Crippen LogP contribution in [-0.2, 0) is 16.1 Å². The third-order valence-corrected chi connectivity index (χ3v) is 4.42. The number of nitrogens with one attached hydrogen (secondary N) is 3. The highest BCUT2D eigenvalue weighted by atomic mass is 16.6. The van der Waals surface area contributed by atoms with Crippen LogP contribution in [0, 0.1) is 6.92 Å². The summed E-state index contributed by atoms with van der Waals surface area (Å²) in [5.41, 5.74) is 4.43. The van der Waals surface area contributed by atoms with E-state index in [1.165, 1.54) is 0 Å². The maximum Gasteiger partial charge on any atom is 0.407 e. The van der Waals surface area contributed by atoms with Crippen LogP contribution in [0.25, 0.3) is 22.6 Å². The summed E-state index contributed by atoms with van der Waals surface area (Å²) in [6.45, 7) is 2.24. The van der Waals surface area contributed by atoms with E-state index in [2.05, 4.69) is 25.6 Å². The van der Waals surface area contributed by atoms with Gasteiger partial charge in [-0.2, -0.15) is 0 Å². The predicted octanol–water partition coefficient (Wildman–Crippen LogP) is 2.17. The summed E-state index contributed by atoms with van der Waals surface area (Å²) >= 11 is 0. The van der Waals surface area contributed by atoms with Crippen molar-refractivity contribution in [3.63, 3.8) is 0 Å². The number of H-pyrrole nitrogens is 1. The summed E-state index contributed by atoms with van der Waals surface area (Å²) in [6, 6.07) is 13.0. The van der Waals surface area contributed by atoms with Crippen molar-refractivity contribution >= 4 is 12.0 Å².